The zero-order valence-corrected chi connectivity index (χ0v) is 15.8. The first-order chi connectivity index (χ1) is 13.6. The van der Waals surface area contributed by atoms with Crippen molar-refractivity contribution in [2.45, 2.75) is 19.8 Å². The van der Waals surface area contributed by atoms with Crippen molar-refractivity contribution >= 4 is 6.16 Å². The second kappa shape index (κ2) is 9.04. The normalized spacial score (nSPS) is 10.4. The lowest BCUT2D eigenvalue weighted by molar-refractivity contribution is 0.152. The van der Waals surface area contributed by atoms with E-state index in [0.29, 0.717) is 28.4 Å². The van der Waals surface area contributed by atoms with Gasteiger partial charge in [-0.2, -0.15) is 0 Å². The molecule has 0 bridgehead atoms. The van der Waals surface area contributed by atoms with Gasteiger partial charge in [0, 0.05) is 5.56 Å². The van der Waals surface area contributed by atoms with Crippen molar-refractivity contribution < 1.29 is 23.4 Å². The lowest BCUT2D eigenvalue weighted by Crippen LogP contribution is -2.13. The Morgan fingerprint density at radius 3 is 1.96 bits per heavy atom. The summed E-state index contributed by atoms with van der Waals surface area (Å²) in [5.41, 5.74) is 2.19. The fourth-order valence-corrected chi connectivity index (χ4v) is 2.80. The zero-order valence-electron chi connectivity index (χ0n) is 15.8. The van der Waals surface area contributed by atoms with E-state index in [1.165, 1.54) is 0 Å². The summed E-state index contributed by atoms with van der Waals surface area (Å²) in [6.45, 7) is 2.06. The van der Waals surface area contributed by atoms with Crippen molar-refractivity contribution in [3.05, 3.63) is 78.1 Å². The third kappa shape index (κ3) is 4.88. The van der Waals surface area contributed by atoms with Crippen LogP contribution in [0.25, 0.3) is 11.1 Å². The molecule has 28 heavy (non-hydrogen) atoms. The number of hydrogen-bond donors (Lipinski definition) is 0. The third-order valence-electron chi connectivity index (χ3n) is 4.20. The van der Waals surface area contributed by atoms with E-state index in [0.717, 1.165) is 18.4 Å². The van der Waals surface area contributed by atoms with Gasteiger partial charge in [-0.15, -0.1) is 0 Å². The third-order valence-corrected chi connectivity index (χ3v) is 4.20. The maximum absolute atomic E-state index is 14.4. The molecule has 0 aliphatic carbocycles. The standard InChI is InChI=1S/C23H21FO4/c1-3-4-16-5-14-21(22(24)15-16)17-6-8-19(9-7-17)27-23(25)28-20-12-10-18(26-2)11-13-20/h5-15H,3-4H2,1-2H3. The molecule has 0 atom stereocenters. The molecule has 0 saturated carbocycles. The molecule has 144 valence electrons. The molecule has 3 rings (SSSR count). The predicted octanol–water partition coefficient (Wildman–Crippen LogP) is 6.03. The van der Waals surface area contributed by atoms with Crippen molar-refractivity contribution in [1.29, 1.82) is 0 Å². The molecule has 0 aliphatic heterocycles. The maximum atomic E-state index is 14.4. The first-order valence-corrected chi connectivity index (χ1v) is 9.01. The molecular weight excluding hydrogens is 359 g/mol. The molecule has 3 aromatic rings. The van der Waals surface area contributed by atoms with Crippen molar-refractivity contribution in [1.82, 2.24) is 0 Å². The lowest BCUT2D eigenvalue weighted by Gasteiger charge is -2.08. The molecule has 0 radical (unpaired) electrons. The Balaban J connectivity index is 1.64. The molecule has 0 aromatic heterocycles. The van der Waals surface area contributed by atoms with Gasteiger partial charge in [0.15, 0.2) is 0 Å². The smallest absolute Gasteiger partial charge is 0.497 e. The molecule has 0 saturated heterocycles. The fourth-order valence-electron chi connectivity index (χ4n) is 2.80. The number of ether oxygens (including phenoxy) is 3. The average molecular weight is 380 g/mol. The summed E-state index contributed by atoms with van der Waals surface area (Å²) in [4.78, 5) is 11.9. The molecule has 0 N–H and O–H groups in total. The van der Waals surface area contributed by atoms with Gasteiger partial charge in [0.05, 0.1) is 7.11 Å². The molecule has 3 aromatic carbocycles. The van der Waals surface area contributed by atoms with Crippen molar-refractivity contribution in [2.75, 3.05) is 7.11 Å². The summed E-state index contributed by atoms with van der Waals surface area (Å²) < 4.78 is 29.7. The van der Waals surface area contributed by atoms with Crippen LogP contribution in [0.4, 0.5) is 9.18 Å². The van der Waals surface area contributed by atoms with Gasteiger partial charge in [0.1, 0.15) is 23.1 Å². The van der Waals surface area contributed by atoms with Gasteiger partial charge in [-0.1, -0.05) is 37.6 Å². The minimum absolute atomic E-state index is 0.265. The maximum Gasteiger partial charge on any atom is 0.519 e. The van der Waals surface area contributed by atoms with E-state index in [4.69, 9.17) is 14.2 Å². The number of hydrogen-bond acceptors (Lipinski definition) is 4. The average Bonchev–Trinajstić information content (AvgIpc) is 2.70. The van der Waals surface area contributed by atoms with Crippen molar-refractivity contribution in [3.8, 4) is 28.4 Å². The van der Waals surface area contributed by atoms with Gasteiger partial charge in [-0.25, -0.2) is 9.18 Å². The zero-order chi connectivity index (χ0) is 19.9. The number of benzene rings is 3. The first-order valence-electron chi connectivity index (χ1n) is 9.01. The van der Waals surface area contributed by atoms with E-state index in [1.54, 1.807) is 67.8 Å². The van der Waals surface area contributed by atoms with Crippen LogP contribution in [0.3, 0.4) is 0 Å². The summed E-state index contributed by atoms with van der Waals surface area (Å²) in [7, 11) is 1.55. The van der Waals surface area contributed by atoms with E-state index in [-0.39, 0.29) is 5.82 Å². The molecule has 0 amide bonds. The number of methoxy groups -OCH3 is 1. The molecule has 0 heterocycles. The summed E-state index contributed by atoms with van der Waals surface area (Å²) in [6, 6.07) is 18.4. The van der Waals surface area contributed by atoms with Gasteiger partial charge in [-0.05, 0) is 60.0 Å². The molecular formula is C23H21FO4. The number of carbonyl (C=O) groups excluding carboxylic acids is 1. The Morgan fingerprint density at radius 2 is 1.43 bits per heavy atom. The Morgan fingerprint density at radius 1 is 0.857 bits per heavy atom. The largest absolute Gasteiger partial charge is 0.519 e. The second-order valence-electron chi connectivity index (χ2n) is 6.22. The van der Waals surface area contributed by atoms with Crippen LogP contribution in [0.2, 0.25) is 0 Å². The van der Waals surface area contributed by atoms with E-state index >= 15 is 0 Å². The monoisotopic (exact) mass is 380 g/mol. The topological polar surface area (TPSA) is 44.8 Å². The molecule has 0 unspecified atom stereocenters. The summed E-state index contributed by atoms with van der Waals surface area (Å²) in [5, 5.41) is 0. The van der Waals surface area contributed by atoms with Crippen LogP contribution < -0.4 is 14.2 Å². The van der Waals surface area contributed by atoms with Crippen LogP contribution in [-0.4, -0.2) is 13.3 Å². The lowest BCUT2D eigenvalue weighted by atomic mass is 10.0. The second-order valence-corrected chi connectivity index (χ2v) is 6.22. The SMILES string of the molecule is CCCc1ccc(-c2ccc(OC(=O)Oc3ccc(OC)cc3)cc2)c(F)c1. The van der Waals surface area contributed by atoms with E-state index in [2.05, 4.69) is 6.92 Å². The van der Waals surface area contributed by atoms with Gasteiger partial charge in [0.2, 0.25) is 0 Å². The highest BCUT2D eigenvalue weighted by molar-refractivity contribution is 5.69. The quantitative estimate of drug-likeness (QED) is 0.387. The van der Waals surface area contributed by atoms with Crippen LogP contribution >= 0.6 is 0 Å². The van der Waals surface area contributed by atoms with Crippen LogP contribution in [-0.2, 0) is 6.42 Å². The van der Waals surface area contributed by atoms with Gasteiger partial charge < -0.3 is 14.2 Å². The van der Waals surface area contributed by atoms with Gasteiger partial charge >= 0.3 is 6.16 Å². The number of carbonyl (C=O) groups is 1. The number of aryl methyl sites for hydroxylation is 1. The molecule has 4 nitrogen and oxygen atoms in total. The van der Waals surface area contributed by atoms with Crippen LogP contribution in [0, 0.1) is 5.82 Å². The Hall–Kier alpha value is -3.34. The Labute approximate surface area is 163 Å². The summed E-state index contributed by atoms with van der Waals surface area (Å²) in [6.07, 6.45) is 0.964. The highest BCUT2D eigenvalue weighted by atomic mass is 19.1. The molecule has 5 heteroatoms. The molecule has 0 spiro atoms. The Bertz CT molecular complexity index is 934. The molecule has 0 fully saturated rings. The fraction of sp³-hybridized carbons (Fsp3) is 0.174. The van der Waals surface area contributed by atoms with Crippen LogP contribution in [0.5, 0.6) is 17.2 Å². The van der Waals surface area contributed by atoms with E-state index in [1.807, 2.05) is 6.07 Å². The molecule has 0 aliphatic rings. The van der Waals surface area contributed by atoms with Gasteiger partial charge in [-0.3, -0.25) is 0 Å². The number of rotatable bonds is 6. The predicted molar refractivity (Wildman–Crippen MR) is 105 cm³/mol. The Kier molecular flexibility index (Phi) is 6.27. The highest BCUT2D eigenvalue weighted by Crippen LogP contribution is 2.26. The van der Waals surface area contributed by atoms with E-state index < -0.39 is 6.16 Å². The van der Waals surface area contributed by atoms with Crippen molar-refractivity contribution in [3.63, 3.8) is 0 Å². The van der Waals surface area contributed by atoms with Crippen LogP contribution in [0.1, 0.15) is 18.9 Å². The van der Waals surface area contributed by atoms with E-state index in [9.17, 15) is 9.18 Å². The highest BCUT2D eigenvalue weighted by Gasteiger charge is 2.10. The van der Waals surface area contributed by atoms with Crippen molar-refractivity contribution in [2.24, 2.45) is 0 Å². The summed E-state index contributed by atoms with van der Waals surface area (Å²) in [5.74, 6) is 1.05. The first kappa shape index (κ1) is 19.4. The van der Waals surface area contributed by atoms with Crippen LogP contribution in [0.15, 0.2) is 66.7 Å². The summed E-state index contributed by atoms with van der Waals surface area (Å²) >= 11 is 0. The minimum atomic E-state index is -0.854. The number of halogens is 1. The minimum Gasteiger partial charge on any atom is -0.497 e. The van der Waals surface area contributed by atoms with Gasteiger partial charge in [0.25, 0.3) is 0 Å².